The molecule has 12 aromatic heterocycles. The van der Waals surface area contributed by atoms with E-state index in [9.17, 15) is 17.6 Å². The number of alkyl halides is 4. The molecule has 0 aliphatic carbocycles. The second-order valence-corrected chi connectivity index (χ2v) is 36.1. The van der Waals surface area contributed by atoms with E-state index in [1.54, 1.807) is 25.4 Å². The summed E-state index contributed by atoms with van der Waals surface area (Å²) < 4.78 is 95.5. The van der Waals surface area contributed by atoms with Crippen LogP contribution < -0.4 is 41.9 Å². The summed E-state index contributed by atoms with van der Waals surface area (Å²) in [4.78, 5) is 17.7. The van der Waals surface area contributed by atoms with Gasteiger partial charge < -0.3 is 41.9 Å². The van der Waals surface area contributed by atoms with E-state index in [1.165, 1.54) is 55.0 Å². The fraction of sp³-hybridized carbons (Fsp3) is 0.340. The highest BCUT2D eigenvalue weighted by Crippen LogP contribution is 2.47. The molecular weight excluding hydrogens is 1790 g/mol. The van der Waals surface area contributed by atoms with Crippen molar-refractivity contribution in [1.29, 1.82) is 0 Å². The van der Waals surface area contributed by atoms with Crippen LogP contribution in [-0.4, -0.2) is 105 Å². The number of benzene rings is 4. The first-order chi connectivity index (χ1) is 64.6. The summed E-state index contributed by atoms with van der Waals surface area (Å²) in [5.74, 6) is 3.56. The highest BCUT2D eigenvalue weighted by Gasteiger charge is 2.34. The Morgan fingerprint density at radius 3 is 1.24 bits per heavy atom. The van der Waals surface area contributed by atoms with E-state index in [0.29, 0.717) is 74.9 Å². The van der Waals surface area contributed by atoms with E-state index < -0.39 is 25.4 Å². The summed E-state index contributed by atoms with van der Waals surface area (Å²) in [6.45, 7) is 31.2. The largest absolute Gasteiger partial charge is 0.482 e. The second kappa shape index (κ2) is 38.6. The van der Waals surface area contributed by atoms with Crippen molar-refractivity contribution in [2.24, 2.45) is 28.2 Å². The summed E-state index contributed by atoms with van der Waals surface area (Å²) in [6.07, 6.45) is 9.13. The summed E-state index contributed by atoms with van der Waals surface area (Å²) in [7, 11) is 7.55. The Balaban J connectivity index is 0.000000131. The topological polar surface area (TPSA) is 335 Å². The molecule has 4 atom stereocenters. The first kappa shape index (κ1) is 94.9. The van der Waals surface area contributed by atoms with Crippen molar-refractivity contribution in [2.45, 2.75) is 206 Å². The van der Waals surface area contributed by atoms with Crippen LogP contribution in [0.2, 0.25) is 0 Å². The Labute approximate surface area is 796 Å². The molecule has 0 saturated heterocycles. The lowest BCUT2D eigenvalue weighted by Crippen LogP contribution is -2.14. The van der Waals surface area contributed by atoms with Crippen LogP contribution in [0.4, 0.5) is 40.8 Å². The number of fused-ring (bicyclic) bond motifs is 28. The van der Waals surface area contributed by atoms with Gasteiger partial charge in [0.05, 0.1) is 74.7 Å². The minimum atomic E-state index is -2.79. The molecule has 136 heavy (non-hydrogen) atoms. The molecule has 0 spiro atoms. The monoisotopic (exact) mass is 1910 g/mol. The van der Waals surface area contributed by atoms with E-state index in [-0.39, 0.29) is 61.0 Å². The van der Waals surface area contributed by atoms with Gasteiger partial charge in [0.25, 0.3) is 6.43 Å². The van der Waals surface area contributed by atoms with Gasteiger partial charge in [0.1, 0.15) is 34.7 Å². The smallest absolute Gasteiger partial charge is 0.282 e. The highest BCUT2D eigenvalue weighted by atomic mass is 79.9. The zero-order valence-corrected chi connectivity index (χ0v) is 80.6. The number of nitrogen functional groups attached to an aromatic ring is 4. The SMILES string of the molecule is C.CCc1nn(CC)c2c1Cc1cn(C)nc1-c1ccc(C)cc1C(C)Oc1cc-2cnc1N.CCn1nc(Br)c2c1-c1cnc(N)c(c1)OC(C)c1cc(C)ccc1-c1nn(C)cc1C2.CCn1nc(C(C)C)c2c1-c1cnc(N)c(c1)OC(C)c1cc(C)ccc1-c1nn(C)cc1C2.Cc1ccc2c(c1)C(C)Oc1cc(cnc1N)-c1c(CC(F)F)nn(C)c1Cc1cc(C(F)F)nn1-2. The van der Waals surface area contributed by atoms with Crippen LogP contribution in [0.5, 0.6) is 23.0 Å². The molecule has 4 unspecified atom stereocenters. The van der Waals surface area contributed by atoms with Gasteiger partial charge in [0.2, 0.25) is 6.43 Å². The van der Waals surface area contributed by atoms with Gasteiger partial charge in [0.15, 0.2) is 46.3 Å². The Kier molecular flexibility index (Phi) is 27.0. The Bertz CT molecular complexity index is 7210. The number of halogens is 5. The van der Waals surface area contributed by atoms with Crippen molar-refractivity contribution in [3.05, 3.63) is 263 Å². The number of aromatic nitrogens is 20. The quantitative estimate of drug-likeness (QED) is 0.103. The number of nitrogens with two attached hydrogens (primary N) is 4. The van der Waals surface area contributed by atoms with Crippen molar-refractivity contribution in [1.82, 2.24) is 98.2 Å². The van der Waals surface area contributed by atoms with Crippen molar-refractivity contribution < 1.29 is 36.5 Å². The van der Waals surface area contributed by atoms with Gasteiger partial charge in [-0.15, -0.1) is 0 Å². The molecular formula is C103H115BrF4N24O4. The number of ether oxygens (including phenoxy) is 4. The van der Waals surface area contributed by atoms with E-state index in [2.05, 4.69) is 205 Å². The fourth-order valence-electron chi connectivity index (χ4n) is 18.8. The van der Waals surface area contributed by atoms with Crippen LogP contribution in [0.15, 0.2) is 151 Å². The molecule has 28 nitrogen and oxygen atoms in total. The summed E-state index contributed by atoms with van der Waals surface area (Å²) in [5, 5.41) is 37.9. The third-order valence-electron chi connectivity index (χ3n) is 25.2. The Morgan fingerprint density at radius 1 is 0.434 bits per heavy atom. The lowest BCUT2D eigenvalue weighted by molar-refractivity contribution is 0.145. The molecule has 33 heteroatoms. The molecule has 706 valence electrons. The van der Waals surface area contributed by atoms with Crippen LogP contribution in [0.3, 0.4) is 0 Å². The fourth-order valence-corrected chi connectivity index (χ4v) is 19.4. The van der Waals surface area contributed by atoms with Crippen LogP contribution in [0.1, 0.15) is 225 Å². The maximum atomic E-state index is 13.8. The molecule has 8 N–H and O–H groups in total. The molecule has 4 aromatic carbocycles. The lowest BCUT2D eigenvalue weighted by atomic mass is 9.91. The van der Waals surface area contributed by atoms with Crippen LogP contribution in [0, 0.1) is 27.7 Å². The maximum absolute atomic E-state index is 13.8. The van der Waals surface area contributed by atoms with Crippen molar-refractivity contribution >= 4 is 39.2 Å². The van der Waals surface area contributed by atoms with E-state index in [1.807, 2.05) is 103 Å². The van der Waals surface area contributed by atoms with Crippen molar-refractivity contribution in [3.8, 4) is 107 Å². The molecule has 8 bridgehead atoms. The molecule has 16 heterocycles. The highest BCUT2D eigenvalue weighted by molar-refractivity contribution is 9.10. The van der Waals surface area contributed by atoms with Crippen LogP contribution >= 0.6 is 15.9 Å². The second-order valence-electron chi connectivity index (χ2n) is 35.4. The zero-order chi connectivity index (χ0) is 95.7. The minimum Gasteiger partial charge on any atom is -0.482 e. The number of aryl methyl sites for hydroxylation is 12. The molecule has 20 rings (SSSR count). The number of hydrogen-bond acceptors (Lipinski definition) is 20. The normalized spacial score (nSPS) is 15.0. The van der Waals surface area contributed by atoms with Crippen LogP contribution in [0.25, 0.3) is 84.4 Å². The molecule has 0 saturated carbocycles. The van der Waals surface area contributed by atoms with E-state index >= 15 is 0 Å². The van der Waals surface area contributed by atoms with Gasteiger partial charge in [-0.05, 0) is 141 Å². The molecule has 4 aliphatic rings. The molecule has 4 aliphatic heterocycles. The third-order valence-corrected chi connectivity index (χ3v) is 25.8. The van der Waals surface area contributed by atoms with Gasteiger partial charge >= 0.3 is 0 Å². The van der Waals surface area contributed by atoms with E-state index in [4.69, 9.17) is 72.5 Å². The summed E-state index contributed by atoms with van der Waals surface area (Å²) in [5.41, 5.74) is 56.8. The first-order valence-corrected chi connectivity index (χ1v) is 46.3. The van der Waals surface area contributed by atoms with Crippen LogP contribution in [-0.2, 0) is 86.3 Å². The van der Waals surface area contributed by atoms with E-state index in [0.717, 1.165) is 161 Å². The number of hydrogen-bond donors (Lipinski definition) is 4. The summed E-state index contributed by atoms with van der Waals surface area (Å²) >= 11 is 3.70. The molecule has 16 aromatic rings. The van der Waals surface area contributed by atoms with Gasteiger partial charge in [-0.2, -0.15) is 40.8 Å². The van der Waals surface area contributed by atoms with Gasteiger partial charge in [0, 0.05) is 217 Å². The first-order valence-electron chi connectivity index (χ1n) is 45.5. The molecule has 0 radical (unpaired) electrons. The Hall–Kier alpha value is -14.2. The average molecular weight is 1910 g/mol. The predicted molar refractivity (Wildman–Crippen MR) is 526 cm³/mol. The number of nitrogens with zero attached hydrogens (tertiary/aromatic N) is 20. The standard InChI is InChI=1S/C27H32N6O.C26H30N6O.C25H24F4N6O.C24H25BrN6O.CH4/c1-7-33-26-18-12-23(27(28)29-13-18)34-17(5)21-10-16(4)8-9-20(21)25-19(14-32(6)30-25)11-22(26)24(31-33)15(2)3;1-6-22-21-11-18-14-31(5)30-24(18)19-9-8-15(3)10-20(19)16(4)33-23-12-17(13-28-26(23)27)25(21)32(7-2)29-22;1-12-4-5-19-16(6-12)13(2)36-21-7-14(11-31-25(21)30)23-17(10-22(26)27)32-34(3)20(23)9-15-8-18(24(28)29)33-35(15)19;1-5-31-22-15-10-20(24(26)27-11-15)32-14(3)18-8-13(2)6-7-17(18)21-16(12-30(4)28-21)9-19(22)23(25)29-31;/h8-10,12-15,17H,7,11H2,1-6H3,(H2,28,29);8-10,12-14,16H,6-7,11H2,1-5H3,(H2,27,28);4-8,11,13,22,24H,9-10H2,1-3H3,(H2,30,31);6-8,10-12,14H,5,9H2,1-4H3,(H2,26,27);1H4. The number of rotatable bonds is 8. The lowest BCUT2D eigenvalue weighted by Gasteiger charge is -2.22. The zero-order valence-electron chi connectivity index (χ0n) is 79.0. The number of pyridine rings is 4. The average Bonchev–Trinajstić information content (AvgIpc) is 1.61. The predicted octanol–water partition coefficient (Wildman–Crippen LogP) is 21.3. The summed E-state index contributed by atoms with van der Waals surface area (Å²) in [6, 6.07) is 33.9. The van der Waals surface area contributed by atoms with Gasteiger partial charge in [-0.3, -0.25) is 32.8 Å². The maximum Gasteiger partial charge on any atom is 0.282 e. The minimum absolute atomic E-state index is 0. The van der Waals surface area contributed by atoms with Gasteiger partial charge in [-0.25, -0.2) is 42.2 Å². The molecule has 0 amide bonds. The van der Waals surface area contributed by atoms with Crippen molar-refractivity contribution in [2.75, 3.05) is 22.9 Å². The van der Waals surface area contributed by atoms with Gasteiger partial charge in [-0.1, -0.05) is 117 Å². The Morgan fingerprint density at radius 2 is 0.816 bits per heavy atom. The third kappa shape index (κ3) is 18.5. The molecule has 0 fully saturated rings. The van der Waals surface area contributed by atoms with Crippen molar-refractivity contribution in [3.63, 3.8) is 0 Å². The number of anilines is 4.